The van der Waals surface area contributed by atoms with Crippen molar-refractivity contribution in [3.8, 4) is 24.7 Å². The highest BCUT2D eigenvalue weighted by Gasteiger charge is 2.33. The van der Waals surface area contributed by atoms with E-state index >= 15 is 0 Å². The minimum absolute atomic E-state index is 0.138. The number of hydrogen-bond acceptors (Lipinski definition) is 6. The van der Waals surface area contributed by atoms with Crippen LogP contribution in [0.1, 0.15) is 63.4 Å². The van der Waals surface area contributed by atoms with Crippen LogP contribution in [0.2, 0.25) is 0 Å². The summed E-state index contributed by atoms with van der Waals surface area (Å²) in [6.07, 6.45) is 21.2. The predicted octanol–water partition coefficient (Wildman–Crippen LogP) is 4.48. The average molecular weight is 525 g/mol. The van der Waals surface area contributed by atoms with Crippen LogP contribution in [0.15, 0.2) is 42.5 Å². The van der Waals surface area contributed by atoms with Crippen molar-refractivity contribution in [2.75, 3.05) is 26.4 Å². The summed E-state index contributed by atoms with van der Waals surface area (Å²) >= 11 is 0. The first-order valence-electron chi connectivity index (χ1n) is 13.8. The minimum Gasteiger partial charge on any atom is -0.457 e. The molecule has 1 aliphatic rings. The van der Waals surface area contributed by atoms with Crippen molar-refractivity contribution >= 4 is 5.97 Å². The second-order valence-electron chi connectivity index (χ2n) is 9.97. The lowest BCUT2D eigenvalue weighted by Crippen LogP contribution is -2.28. The summed E-state index contributed by atoms with van der Waals surface area (Å²) in [6, 6.07) is 10.2. The normalized spacial score (nSPS) is 19.9. The van der Waals surface area contributed by atoms with E-state index in [1.54, 1.807) is 0 Å². The van der Waals surface area contributed by atoms with Crippen LogP contribution in [0.25, 0.3) is 0 Å². The lowest BCUT2D eigenvalue weighted by molar-refractivity contribution is -0.155. The Hall–Kier alpha value is -2.61. The van der Waals surface area contributed by atoms with Gasteiger partial charge in [0.2, 0.25) is 0 Å². The Morgan fingerprint density at radius 1 is 1.05 bits per heavy atom. The number of unbranched alkanes of at least 4 members (excludes halogenated alkanes) is 1. The number of terminal acetylenes is 2. The fourth-order valence-corrected chi connectivity index (χ4v) is 4.96. The maximum absolute atomic E-state index is 12.2. The fourth-order valence-electron chi connectivity index (χ4n) is 4.96. The van der Waals surface area contributed by atoms with Crippen molar-refractivity contribution < 1.29 is 29.2 Å². The number of rotatable bonds is 19. The van der Waals surface area contributed by atoms with Crippen LogP contribution in [0.3, 0.4) is 0 Å². The zero-order valence-electron chi connectivity index (χ0n) is 22.5. The van der Waals surface area contributed by atoms with Gasteiger partial charge in [-0.05, 0) is 75.2 Å². The molecule has 0 saturated heterocycles. The van der Waals surface area contributed by atoms with E-state index in [9.17, 15) is 15.0 Å². The highest BCUT2D eigenvalue weighted by Crippen LogP contribution is 2.38. The van der Waals surface area contributed by atoms with Crippen LogP contribution in [-0.2, 0) is 25.4 Å². The quantitative estimate of drug-likeness (QED) is 0.120. The standard InChI is InChI=1S/C32H44O6/c1-3-22-36-24-29(25-37-23-4-2)38-32(35)15-11-6-5-10-14-30-27(18-21-31(30)34)17-20-28(33)19-16-26-12-8-7-9-13-26/h1-2,5,7-10,12-13,27-31,33-34H,6,11,14-25H2/b10-5-/t27-,28-,30+,31-/m0/s1. The largest absolute Gasteiger partial charge is 0.457 e. The van der Waals surface area contributed by atoms with E-state index in [4.69, 9.17) is 27.1 Å². The van der Waals surface area contributed by atoms with Crippen molar-refractivity contribution in [2.45, 2.75) is 82.5 Å². The molecule has 0 unspecified atom stereocenters. The molecule has 0 amide bonds. The number of benzene rings is 1. The van der Waals surface area contributed by atoms with Gasteiger partial charge >= 0.3 is 5.97 Å². The third-order valence-corrected chi connectivity index (χ3v) is 7.02. The monoisotopic (exact) mass is 524 g/mol. The van der Waals surface area contributed by atoms with Crippen LogP contribution in [0.4, 0.5) is 0 Å². The first kappa shape index (κ1) is 31.6. The maximum atomic E-state index is 12.2. The summed E-state index contributed by atoms with van der Waals surface area (Å²) in [5, 5.41) is 21.0. The van der Waals surface area contributed by atoms with Gasteiger partial charge in [0.15, 0.2) is 0 Å². The Balaban J connectivity index is 1.64. The number of allylic oxidation sites excluding steroid dienone is 2. The van der Waals surface area contributed by atoms with Gasteiger partial charge in [-0.1, -0.05) is 54.3 Å². The molecular weight excluding hydrogens is 480 g/mol. The number of hydrogen-bond donors (Lipinski definition) is 2. The molecule has 1 saturated carbocycles. The second-order valence-corrected chi connectivity index (χ2v) is 9.97. The van der Waals surface area contributed by atoms with Crippen LogP contribution in [0, 0.1) is 36.5 Å². The Morgan fingerprint density at radius 2 is 1.76 bits per heavy atom. The van der Waals surface area contributed by atoms with E-state index in [0.29, 0.717) is 18.8 Å². The molecule has 1 aromatic carbocycles. The first-order chi connectivity index (χ1) is 18.5. The summed E-state index contributed by atoms with van der Waals surface area (Å²) < 4.78 is 16.0. The smallest absolute Gasteiger partial charge is 0.306 e. The molecule has 6 heteroatoms. The number of carbonyl (C=O) groups is 1. The van der Waals surface area contributed by atoms with E-state index < -0.39 is 6.10 Å². The third kappa shape index (κ3) is 13.3. The van der Waals surface area contributed by atoms with Crippen molar-refractivity contribution in [2.24, 2.45) is 11.8 Å². The average Bonchev–Trinajstić information content (AvgIpc) is 3.27. The second kappa shape index (κ2) is 19.5. The van der Waals surface area contributed by atoms with Crippen molar-refractivity contribution in [1.29, 1.82) is 0 Å². The molecule has 0 radical (unpaired) electrons. The van der Waals surface area contributed by atoms with Crippen molar-refractivity contribution in [3.05, 3.63) is 48.0 Å². The van der Waals surface area contributed by atoms with Gasteiger partial charge in [-0.2, -0.15) is 0 Å². The highest BCUT2D eigenvalue weighted by atomic mass is 16.6. The third-order valence-electron chi connectivity index (χ3n) is 7.02. The van der Waals surface area contributed by atoms with Crippen LogP contribution >= 0.6 is 0 Å². The molecule has 1 fully saturated rings. The SMILES string of the molecule is C#CCOCC(COCC#C)OC(=O)CCC/C=C\C[C@@H]1[C@@H](CC[C@@H](O)CCc2ccccc2)CC[C@@H]1O. The zero-order valence-corrected chi connectivity index (χ0v) is 22.5. The van der Waals surface area contributed by atoms with Gasteiger partial charge < -0.3 is 24.4 Å². The molecule has 2 rings (SSSR count). The minimum atomic E-state index is -0.544. The molecule has 208 valence electrons. The molecular formula is C32H44O6. The van der Waals surface area contributed by atoms with Crippen molar-refractivity contribution in [3.63, 3.8) is 0 Å². The maximum Gasteiger partial charge on any atom is 0.306 e. The summed E-state index contributed by atoms with van der Waals surface area (Å²) in [4.78, 5) is 12.2. The van der Waals surface area contributed by atoms with Crippen molar-refractivity contribution in [1.82, 2.24) is 0 Å². The van der Waals surface area contributed by atoms with Gasteiger partial charge in [-0.15, -0.1) is 12.8 Å². The Bertz CT molecular complexity index is 863. The van der Waals surface area contributed by atoms with Crippen LogP contribution < -0.4 is 0 Å². The van der Waals surface area contributed by atoms with E-state index in [1.807, 2.05) is 18.2 Å². The number of aliphatic hydroxyl groups is 2. The summed E-state index contributed by atoms with van der Waals surface area (Å²) in [7, 11) is 0. The first-order valence-corrected chi connectivity index (χ1v) is 13.8. The van der Waals surface area contributed by atoms with Gasteiger partial charge in [-0.25, -0.2) is 0 Å². The molecule has 2 N–H and O–H groups in total. The number of aryl methyl sites for hydroxylation is 1. The molecule has 0 aliphatic heterocycles. The molecule has 4 atom stereocenters. The lowest BCUT2D eigenvalue weighted by atomic mass is 9.86. The Morgan fingerprint density at radius 3 is 2.45 bits per heavy atom. The summed E-state index contributed by atoms with van der Waals surface area (Å²) in [5.41, 5.74) is 1.25. The van der Waals surface area contributed by atoms with E-state index in [1.165, 1.54) is 5.56 Å². The van der Waals surface area contributed by atoms with E-state index in [0.717, 1.165) is 51.4 Å². The molecule has 0 bridgehead atoms. The molecule has 1 aromatic rings. The lowest BCUT2D eigenvalue weighted by Gasteiger charge is -2.22. The molecule has 1 aliphatic carbocycles. The highest BCUT2D eigenvalue weighted by molar-refractivity contribution is 5.69. The predicted molar refractivity (Wildman–Crippen MR) is 149 cm³/mol. The van der Waals surface area contributed by atoms with Gasteiger partial charge in [0.1, 0.15) is 19.3 Å². The molecule has 0 heterocycles. The number of aliphatic hydroxyl groups excluding tert-OH is 2. The van der Waals surface area contributed by atoms with Gasteiger partial charge in [0, 0.05) is 6.42 Å². The number of esters is 1. The molecule has 38 heavy (non-hydrogen) atoms. The van der Waals surface area contributed by atoms with Gasteiger partial charge in [-0.3, -0.25) is 4.79 Å². The molecule has 0 aromatic heterocycles. The topological polar surface area (TPSA) is 85.2 Å². The van der Waals surface area contributed by atoms with E-state index in [-0.39, 0.29) is 50.5 Å². The summed E-state index contributed by atoms with van der Waals surface area (Å²) in [6.45, 7) is 0.601. The fraction of sp³-hybridized carbons (Fsp3) is 0.594. The van der Waals surface area contributed by atoms with Crippen LogP contribution in [0.5, 0.6) is 0 Å². The van der Waals surface area contributed by atoms with E-state index in [2.05, 4.69) is 36.1 Å². The zero-order chi connectivity index (χ0) is 27.4. The molecule has 0 spiro atoms. The Kier molecular flexibility index (Phi) is 16.2. The number of ether oxygens (including phenoxy) is 3. The Labute approximate surface area is 228 Å². The van der Waals surface area contributed by atoms with Crippen LogP contribution in [-0.4, -0.2) is 60.9 Å². The van der Waals surface area contributed by atoms with Gasteiger partial charge in [0.25, 0.3) is 0 Å². The number of carbonyl (C=O) groups excluding carboxylic acids is 1. The van der Waals surface area contributed by atoms with Gasteiger partial charge in [0.05, 0.1) is 25.4 Å². The summed E-state index contributed by atoms with van der Waals surface area (Å²) in [5.74, 6) is 5.10. The molecule has 6 nitrogen and oxygen atoms in total.